The lowest BCUT2D eigenvalue weighted by Crippen LogP contribution is -2.61. The van der Waals surface area contributed by atoms with Gasteiger partial charge in [0.1, 0.15) is 0 Å². The van der Waals surface area contributed by atoms with Gasteiger partial charge in [0.2, 0.25) is 0 Å². The fraction of sp³-hybridized carbons (Fsp3) is 0. The maximum absolute atomic E-state index is 5.51. The van der Waals surface area contributed by atoms with Gasteiger partial charge in [-0.15, -0.1) is 0 Å². The van der Waals surface area contributed by atoms with Crippen molar-refractivity contribution in [3.63, 3.8) is 0 Å². The molecule has 0 fully saturated rings. The Morgan fingerprint density at radius 2 is 0.710 bits per heavy atom. The number of para-hydroxylation sites is 1. The van der Waals surface area contributed by atoms with Crippen LogP contribution in [0.2, 0.25) is 0 Å². The summed E-state index contributed by atoms with van der Waals surface area (Å²) in [5.41, 5.74) is 19.1. The molecule has 5 heteroatoms. The molecule has 14 rings (SSSR count). The molecule has 0 amide bonds. The van der Waals surface area contributed by atoms with Crippen molar-refractivity contribution < 1.29 is 0 Å². The van der Waals surface area contributed by atoms with Crippen LogP contribution < -0.4 is 26.2 Å². The lowest BCUT2D eigenvalue weighted by atomic mass is 9.33. The van der Waals surface area contributed by atoms with Crippen molar-refractivity contribution in [3.05, 3.63) is 249 Å². The molecule has 2 aliphatic rings. The zero-order valence-electron chi connectivity index (χ0n) is 37.5. The predicted molar refractivity (Wildman–Crippen MR) is 290 cm³/mol. The number of nitrogens with zero attached hydrogens (tertiary/aromatic N) is 4. The Balaban J connectivity index is 1.10. The molecule has 1 aromatic heterocycles. The van der Waals surface area contributed by atoms with Gasteiger partial charge < -0.3 is 9.80 Å². The van der Waals surface area contributed by atoms with E-state index in [9.17, 15) is 0 Å². The first kappa shape index (κ1) is 39.1. The van der Waals surface area contributed by atoms with E-state index >= 15 is 0 Å². The summed E-state index contributed by atoms with van der Waals surface area (Å²) in [6.07, 6.45) is 0. The average Bonchev–Trinajstić information content (AvgIpc) is 3.42. The van der Waals surface area contributed by atoms with Crippen molar-refractivity contribution in [1.82, 2.24) is 9.97 Å². The largest absolute Gasteiger partial charge is 0.311 e. The summed E-state index contributed by atoms with van der Waals surface area (Å²) in [5.74, 6) is 0.698. The maximum Gasteiger partial charge on any atom is 0.252 e. The summed E-state index contributed by atoms with van der Waals surface area (Å²) in [6.45, 7) is -0.0787. The molecule has 0 atom stereocenters. The van der Waals surface area contributed by atoms with Gasteiger partial charge in [0.25, 0.3) is 6.71 Å². The second-order valence-electron chi connectivity index (χ2n) is 18.2. The van der Waals surface area contributed by atoms with Gasteiger partial charge >= 0.3 is 0 Å². The molecule has 0 saturated carbocycles. The Morgan fingerprint density at radius 3 is 1.20 bits per heavy atom. The zero-order chi connectivity index (χ0) is 45.4. The highest BCUT2D eigenvalue weighted by Gasteiger charge is 2.44. The van der Waals surface area contributed by atoms with Crippen molar-refractivity contribution in [1.29, 1.82) is 0 Å². The number of fused-ring (bicyclic) bond motifs is 7. The molecule has 0 saturated heterocycles. The minimum absolute atomic E-state index is 0.0787. The second-order valence-corrected chi connectivity index (χ2v) is 18.2. The van der Waals surface area contributed by atoms with Crippen LogP contribution in [0.4, 0.5) is 34.1 Å². The fourth-order valence-corrected chi connectivity index (χ4v) is 10.9. The van der Waals surface area contributed by atoms with Crippen LogP contribution in [-0.4, -0.2) is 16.7 Å². The average molecular weight is 877 g/mol. The minimum atomic E-state index is -0.0787. The SMILES string of the molecule is c1ccc(-c2ccc(N3c4cc5ccccc5cc4B4c5cc6ccccc6cc5N(c5ccc(-c6ccccc6)cc5)c5cc(-c6nc(-c7ccccc7)nc7ccccc67)cc3c54)cc2)cc1. The molecular formula is C64H41BN4. The number of aromatic nitrogens is 2. The quantitative estimate of drug-likeness (QED) is 0.156. The van der Waals surface area contributed by atoms with Gasteiger partial charge in [0, 0.05) is 50.6 Å². The number of hydrogen-bond acceptors (Lipinski definition) is 4. The van der Waals surface area contributed by atoms with Crippen LogP contribution in [-0.2, 0) is 0 Å². The molecule has 0 unspecified atom stereocenters. The molecule has 0 aliphatic carbocycles. The Morgan fingerprint density at radius 1 is 0.304 bits per heavy atom. The highest BCUT2D eigenvalue weighted by Crippen LogP contribution is 2.48. The third-order valence-electron chi connectivity index (χ3n) is 14.2. The topological polar surface area (TPSA) is 32.3 Å². The first-order valence-electron chi connectivity index (χ1n) is 23.7. The van der Waals surface area contributed by atoms with Crippen LogP contribution in [0.5, 0.6) is 0 Å². The van der Waals surface area contributed by atoms with E-state index in [0.717, 1.165) is 50.5 Å². The summed E-state index contributed by atoms with van der Waals surface area (Å²) in [7, 11) is 0. The van der Waals surface area contributed by atoms with Crippen LogP contribution in [0, 0.1) is 0 Å². The van der Waals surface area contributed by atoms with Gasteiger partial charge in [0.15, 0.2) is 5.82 Å². The monoisotopic (exact) mass is 876 g/mol. The van der Waals surface area contributed by atoms with Crippen LogP contribution in [0.3, 0.4) is 0 Å². The van der Waals surface area contributed by atoms with Crippen molar-refractivity contribution >= 4 is 89.7 Å². The molecule has 12 aromatic rings. The van der Waals surface area contributed by atoms with E-state index in [-0.39, 0.29) is 6.71 Å². The molecule has 11 aromatic carbocycles. The third-order valence-corrected chi connectivity index (χ3v) is 14.2. The van der Waals surface area contributed by atoms with Crippen molar-refractivity contribution in [2.24, 2.45) is 0 Å². The Labute approximate surface area is 401 Å². The lowest BCUT2D eigenvalue weighted by molar-refractivity contribution is 1.22. The van der Waals surface area contributed by atoms with Crippen LogP contribution >= 0.6 is 0 Å². The molecule has 0 spiro atoms. The van der Waals surface area contributed by atoms with Crippen LogP contribution in [0.1, 0.15) is 0 Å². The van der Waals surface area contributed by atoms with Gasteiger partial charge in [-0.3, -0.25) is 0 Å². The van der Waals surface area contributed by atoms with Gasteiger partial charge in [-0.25, -0.2) is 9.97 Å². The minimum Gasteiger partial charge on any atom is -0.311 e. The van der Waals surface area contributed by atoms with Crippen LogP contribution in [0.25, 0.3) is 77.3 Å². The molecule has 0 bridgehead atoms. The molecule has 0 radical (unpaired) electrons. The number of benzene rings is 11. The fourth-order valence-electron chi connectivity index (χ4n) is 10.9. The van der Waals surface area contributed by atoms with E-state index in [1.165, 1.54) is 71.6 Å². The van der Waals surface area contributed by atoms with Crippen molar-refractivity contribution in [2.45, 2.75) is 0 Å². The highest BCUT2D eigenvalue weighted by molar-refractivity contribution is 7.00. The lowest BCUT2D eigenvalue weighted by Gasteiger charge is -2.44. The van der Waals surface area contributed by atoms with E-state index in [2.05, 4.69) is 252 Å². The summed E-state index contributed by atoms with van der Waals surface area (Å²) < 4.78 is 0. The van der Waals surface area contributed by atoms with Crippen molar-refractivity contribution in [3.8, 4) is 44.9 Å². The maximum atomic E-state index is 5.51. The molecule has 2 aliphatic heterocycles. The predicted octanol–water partition coefficient (Wildman–Crippen LogP) is 14.7. The van der Waals surface area contributed by atoms with E-state index in [1.54, 1.807) is 0 Å². The summed E-state index contributed by atoms with van der Waals surface area (Å²) in [5, 5.41) is 5.85. The van der Waals surface area contributed by atoms with Gasteiger partial charge in [-0.2, -0.15) is 0 Å². The molecule has 3 heterocycles. The van der Waals surface area contributed by atoms with Crippen molar-refractivity contribution in [2.75, 3.05) is 9.80 Å². The summed E-state index contributed by atoms with van der Waals surface area (Å²) in [6, 6.07) is 90.4. The van der Waals surface area contributed by atoms with Gasteiger partial charge in [0.05, 0.1) is 11.2 Å². The third kappa shape index (κ3) is 6.47. The molecule has 0 N–H and O–H groups in total. The van der Waals surface area contributed by atoms with E-state index in [1.807, 2.05) is 6.07 Å². The zero-order valence-corrected chi connectivity index (χ0v) is 37.5. The smallest absolute Gasteiger partial charge is 0.252 e. The van der Waals surface area contributed by atoms with Crippen LogP contribution in [0.15, 0.2) is 249 Å². The normalized spacial score (nSPS) is 12.6. The highest BCUT2D eigenvalue weighted by atomic mass is 15.2. The Bertz CT molecular complexity index is 3760. The first-order valence-corrected chi connectivity index (χ1v) is 23.7. The second kappa shape index (κ2) is 15.8. The van der Waals surface area contributed by atoms with E-state index in [0.29, 0.717) is 5.82 Å². The summed E-state index contributed by atoms with van der Waals surface area (Å²) in [4.78, 5) is 15.7. The molecular weight excluding hydrogens is 836 g/mol. The Hall–Kier alpha value is -9.06. The van der Waals surface area contributed by atoms with E-state index in [4.69, 9.17) is 9.97 Å². The standard InChI is InChI=1S/C64H41BN4/c1-4-16-42(17-5-1)44-28-32-52(33-29-44)68-58-38-49-24-12-10-22-47(49)36-55(58)65-56-37-48-23-11-13-25-50(48)39-59(56)69(53-34-30-45(31-35-53)43-18-6-2-7-19-43)61-41-51(40-60(68)62(61)65)63-54-26-14-15-27-57(54)66-64(67-63)46-20-8-3-9-21-46/h1-41H. The molecule has 4 nitrogen and oxygen atoms in total. The number of rotatable bonds is 6. The van der Waals surface area contributed by atoms with Gasteiger partial charge in [-0.1, -0.05) is 194 Å². The molecule has 69 heavy (non-hydrogen) atoms. The van der Waals surface area contributed by atoms with Gasteiger partial charge in [-0.05, 0) is 115 Å². The Kier molecular flexibility index (Phi) is 8.96. The van der Waals surface area contributed by atoms with E-state index < -0.39 is 0 Å². The number of anilines is 6. The molecule has 320 valence electrons. The number of hydrogen-bond donors (Lipinski definition) is 0. The summed E-state index contributed by atoms with van der Waals surface area (Å²) >= 11 is 0. The first-order chi connectivity index (χ1) is 34.2.